The second-order valence-corrected chi connectivity index (χ2v) is 8.38. The molecule has 0 radical (unpaired) electrons. The zero-order chi connectivity index (χ0) is 16.5. The van der Waals surface area contributed by atoms with E-state index in [0.717, 1.165) is 5.56 Å². The summed E-state index contributed by atoms with van der Waals surface area (Å²) in [5.41, 5.74) is 2.10. The van der Waals surface area contributed by atoms with Gasteiger partial charge in [0.2, 0.25) is 0 Å². The zero-order valence-corrected chi connectivity index (χ0v) is 14.9. The molecular weight excluding hydrogens is 258 g/mol. The van der Waals surface area contributed by atoms with Gasteiger partial charge in [-0.3, -0.25) is 4.79 Å². The van der Waals surface area contributed by atoms with Crippen molar-refractivity contribution in [2.45, 2.75) is 55.4 Å². The first kappa shape index (κ1) is 17.7. The van der Waals surface area contributed by atoms with Gasteiger partial charge in [0.05, 0.1) is 0 Å². The summed E-state index contributed by atoms with van der Waals surface area (Å²) in [5.74, 6) is 0.00900. The molecule has 1 aromatic carbocycles. The normalized spacial score (nSPS) is 13.1. The van der Waals surface area contributed by atoms with Crippen LogP contribution in [0.2, 0.25) is 0 Å². The third kappa shape index (κ3) is 3.87. The van der Waals surface area contributed by atoms with Gasteiger partial charge in [0.25, 0.3) is 5.91 Å². The first-order valence-corrected chi connectivity index (χ1v) is 7.73. The molecule has 2 nitrogen and oxygen atoms in total. The molecule has 0 bridgehead atoms. The number of aryl methyl sites for hydroxylation is 1. The lowest BCUT2D eigenvalue weighted by atomic mass is 9.55. The fourth-order valence-electron chi connectivity index (χ4n) is 2.72. The Morgan fingerprint density at radius 2 is 1.33 bits per heavy atom. The van der Waals surface area contributed by atoms with Crippen LogP contribution in [-0.2, 0) is 0 Å². The van der Waals surface area contributed by atoms with E-state index in [9.17, 15) is 4.79 Å². The molecule has 0 spiro atoms. The predicted molar refractivity (Wildman–Crippen MR) is 90.5 cm³/mol. The van der Waals surface area contributed by atoms with Gasteiger partial charge in [0.15, 0.2) is 0 Å². The molecule has 0 aromatic heterocycles. The smallest absolute Gasteiger partial charge is 0.251 e. The first-order valence-electron chi connectivity index (χ1n) is 7.73. The van der Waals surface area contributed by atoms with E-state index in [4.69, 9.17) is 0 Å². The van der Waals surface area contributed by atoms with E-state index in [1.165, 1.54) is 5.56 Å². The van der Waals surface area contributed by atoms with E-state index in [-0.39, 0.29) is 22.2 Å². The largest absolute Gasteiger partial charge is 0.351 e. The third-order valence-electron chi connectivity index (χ3n) is 5.23. The monoisotopic (exact) mass is 289 g/mol. The number of carbonyl (C=O) groups is 1. The van der Waals surface area contributed by atoms with Crippen LogP contribution in [-0.4, -0.2) is 12.5 Å². The summed E-state index contributed by atoms with van der Waals surface area (Å²) >= 11 is 0. The van der Waals surface area contributed by atoms with Gasteiger partial charge in [-0.1, -0.05) is 66.2 Å². The lowest BCUT2D eigenvalue weighted by Gasteiger charge is -2.51. The summed E-state index contributed by atoms with van der Waals surface area (Å²) in [5, 5.41) is 3.13. The minimum Gasteiger partial charge on any atom is -0.351 e. The SMILES string of the molecule is Cc1ccc(C(=O)NCC(C)(C(C)(C)C)C(C)(C)C)cc1. The van der Waals surface area contributed by atoms with Gasteiger partial charge in [-0.2, -0.15) is 0 Å². The number of amides is 1. The number of carbonyl (C=O) groups excluding carboxylic acids is 1. The maximum atomic E-state index is 12.3. The topological polar surface area (TPSA) is 29.1 Å². The highest BCUT2D eigenvalue weighted by molar-refractivity contribution is 5.94. The Kier molecular flexibility index (Phi) is 4.92. The fourth-order valence-corrected chi connectivity index (χ4v) is 2.72. The van der Waals surface area contributed by atoms with Crippen LogP contribution >= 0.6 is 0 Å². The molecule has 21 heavy (non-hydrogen) atoms. The Morgan fingerprint density at radius 3 is 1.71 bits per heavy atom. The molecule has 0 aliphatic rings. The molecule has 0 atom stereocenters. The van der Waals surface area contributed by atoms with Crippen molar-refractivity contribution < 1.29 is 4.79 Å². The minimum absolute atomic E-state index is 0.000354. The highest BCUT2D eigenvalue weighted by atomic mass is 16.1. The van der Waals surface area contributed by atoms with Crippen molar-refractivity contribution in [1.82, 2.24) is 5.32 Å². The lowest BCUT2D eigenvalue weighted by molar-refractivity contribution is -0.0112. The van der Waals surface area contributed by atoms with Crippen LogP contribution < -0.4 is 5.32 Å². The number of nitrogens with one attached hydrogen (secondary N) is 1. The third-order valence-corrected chi connectivity index (χ3v) is 5.23. The molecule has 0 saturated heterocycles. The average molecular weight is 289 g/mol. The summed E-state index contributed by atoms with van der Waals surface area (Å²) in [7, 11) is 0. The zero-order valence-electron chi connectivity index (χ0n) is 14.9. The van der Waals surface area contributed by atoms with E-state index in [0.29, 0.717) is 6.54 Å². The van der Waals surface area contributed by atoms with Crippen molar-refractivity contribution in [3.63, 3.8) is 0 Å². The second kappa shape index (κ2) is 5.82. The van der Waals surface area contributed by atoms with Crippen molar-refractivity contribution in [3.05, 3.63) is 35.4 Å². The highest BCUT2D eigenvalue weighted by Gasteiger charge is 2.46. The Morgan fingerprint density at radius 1 is 0.905 bits per heavy atom. The summed E-state index contributed by atoms with van der Waals surface area (Å²) in [6.07, 6.45) is 0. The van der Waals surface area contributed by atoms with Crippen molar-refractivity contribution in [3.8, 4) is 0 Å². The molecule has 118 valence electrons. The molecule has 1 aromatic rings. The molecule has 1 N–H and O–H groups in total. The molecule has 1 rings (SSSR count). The first-order chi connectivity index (χ1) is 9.38. The average Bonchev–Trinajstić information content (AvgIpc) is 2.33. The van der Waals surface area contributed by atoms with Gasteiger partial charge in [0, 0.05) is 12.1 Å². The van der Waals surface area contributed by atoms with Crippen molar-refractivity contribution >= 4 is 5.91 Å². The summed E-state index contributed by atoms with van der Waals surface area (Å²) in [6, 6.07) is 7.72. The van der Waals surface area contributed by atoms with Gasteiger partial charge in [0.1, 0.15) is 0 Å². The Balaban J connectivity index is 2.88. The minimum atomic E-state index is 0.000354. The van der Waals surface area contributed by atoms with Crippen LogP contribution in [0.1, 0.15) is 64.4 Å². The van der Waals surface area contributed by atoms with Crippen LogP contribution in [0, 0.1) is 23.2 Å². The van der Waals surface area contributed by atoms with Gasteiger partial charge in [-0.05, 0) is 35.3 Å². The van der Waals surface area contributed by atoms with Crippen LogP contribution in [0.4, 0.5) is 0 Å². The fraction of sp³-hybridized carbons (Fsp3) is 0.632. The molecule has 0 unspecified atom stereocenters. The van der Waals surface area contributed by atoms with Crippen molar-refractivity contribution in [2.75, 3.05) is 6.54 Å². The van der Waals surface area contributed by atoms with Crippen LogP contribution in [0.25, 0.3) is 0 Å². The summed E-state index contributed by atoms with van der Waals surface area (Å²) in [4.78, 5) is 12.3. The number of hydrogen-bond donors (Lipinski definition) is 1. The molecule has 2 heteroatoms. The Labute approximate surface area is 130 Å². The number of rotatable bonds is 3. The van der Waals surface area contributed by atoms with E-state index in [2.05, 4.69) is 53.8 Å². The molecule has 0 aliphatic heterocycles. The summed E-state index contributed by atoms with van der Waals surface area (Å²) in [6.45, 7) is 18.4. The Bertz CT molecular complexity index is 472. The van der Waals surface area contributed by atoms with Gasteiger partial charge >= 0.3 is 0 Å². The Hall–Kier alpha value is -1.31. The maximum Gasteiger partial charge on any atom is 0.251 e. The van der Waals surface area contributed by atoms with E-state index >= 15 is 0 Å². The van der Waals surface area contributed by atoms with E-state index in [1.807, 2.05) is 31.2 Å². The molecule has 0 saturated carbocycles. The lowest BCUT2D eigenvalue weighted by Crippen LogP contribution is -2.51. The van der Waals surface area contributed by atoms with Gasteiger partial charge in [-0.15, -0.1) is 0 Å². The van der Waals surface area contributed by atoms with E-state index < -0.39 is 0 Å². The standard InChI is InChI=1S/C19H31NO/c1-14-9-11-15(12-10-14)16(21)20-13-19(8,17(2,3)4)18(5,6)7/h9-12H,13H2,1-8H3,(H,20,21). The summed E-state index contributed by atoms with van der Waals surface area (Å²) < 4.78 is 0. The number of benzene rings is 1. The molecule has 0 aliphatic carbocycles. The molecule has 0 fully saturated rings. The van der Waals surface area contributed by atoms with Crippen molar-refractivity contribution in [2.24, 2.45) is 16.2 Å². The molecule has 0 heterocycles. The number of hydrogen-bond acceptors (Lipinski definition) is 1. The van der Waals surface area contributed by atoms with Crippen LogP contribution in [0.5, 0.6) is 0 Å². The van der Waals surface area contributed by atoms with E-state index in [1.54, 1.807) is 0 Å². The second-order valence-electron chi connectivity index (χ2n) is 8.38. The maximum absolute atomic E-state index is 12.3. The van der Waals surface area contributed by atoms with Crippen LogP contribution in [0.3, 0.4) is 0 Å². The highest BCUT2D eigenvalue weighted by Crippen LogP contribution is 2.50. The van der Waals surface area contributed by atoms with Gasteiger partial charge in [-0.25, -0.2) is 0 Å². The molecule has 1 amide bonds. The van der Waals surface area contributed by atoms with Crippen LogP contribution in [0.15, 0.2) is 24.3 Å². The van der Waals surface area contributed by atoms with Crippen molar-refractivity contribution in [1.29, 1.82) is 0 Å². The quantitative estimate of drug-likeness (QED) is 0.849. The molecular formula is C19H31NO. The predicted octanol–water partition coefficient (Wildman–Crippen LogP) is 4.82. The van der Waals surface area contributed by atoms with Gasteiger partial charge < -0.3 is 5.32 Å².